The van der Waals surface area contributed by atoms with Crippen molar-refractivity contribution in [3.05, 3.63) is 12.3 Å². The molecule has 6 heteroatoms. The minimum Gasteiger partial charge on any atom is -0.493 e. The van der Waals surface area contributed by atoms with E-state index >= 15 is 0 Å². The normalized spacial score (nSPS) is 13.8. The Bertz CT molecular complexity index is 262. The fourth-order valence-electron chi connectivity index (χ4n) is 1.34. The molecule has 0 amide bonds. The van der Waals surface area contributed by atoms with Crippen molar-refractivity contribution in [1.29, 1.82) is 0 Å². The summed E-state index contributed by atoms with van der Waals surface area (Å²) in [5.41, 5.74) is 0. The molecule has 0 aliphatic heterocycles. The SMILES string of the molecule is C=C(CCCC(=O)O)OCC(OC)OC(CC)CO. The van der Waals surface area contributed by atoms with Crippen molar-refractivity contribution in [2.45, 2.75) is 45.0 Å². The van der Waals surface area contributed by atoms with Gasteiger partial charge in [0, 0.05) is 20.0 Å². The first-order valence-electron chi connectivity index (χ1n) is 6.34. The van der Waals surface area contributed by atoms with E-state index in [1.54, 1.807) is 0 Å². The number of aliphatic hydroxyl groups is 1. The van der Waals surface area contributed by atoms with E-state index < -0.39 is 12.3 Å². The van der Waals surface area contributed by atoms with Crippen LogP contribution in [-0.4, -0.2) is 48.9 Å². The van der Waals surface area contributed by atoms with Crippen LogP contribution >= 0.6 is 0 Å². The van der Waals surface area contributed by atoms with Crippen LogP contribution in [-0.2, 0) is 19.0 Å². The molecule has 0 radical (unpaired) electrons. The molecule has 6 nitrogen and oxygen atoms in total. The summed E-state index contributed by atoms with van der Waals surface area (Å²) in [7, 11) is 1.49. The van der Waals surface area contributed by atoms with Crippen LogP contribution in [0.5, 0.6) is 0 Å². The summed E-state index contributed by atoms with van der Waals surface area (Å²) in [6, 6.07) is 0. The van der Waals surface area contributed by atoms with E-state index in [-0.39, 0.29) is 25.7 Å². The zero-order valence-electron chi connectivity index (χ0n) is 11.6. The highest BCUT2D eigenvalue weighted by molar-refractivity contribution is 5.66. The highest BCUT2D eigenvalue weighted by Gasteiger charge is 2.15. The van der Waals surface area contributed by atoms with Crippen molar-refractivity contribution in [1.82, 2.24) is 0 Å². The fraction of sp³-hybridized carbons (Fsp3) is 0.769. The van der Waals surface area contributed by atoms with Crippen molar-refractivity contribution in [3.63, 3.8) is 0 Å². The number of ether oxygens (including phenoxy) is 3. The van der Waals surface area contributed by atoms with E-state index in [0.717, 1.165) is 0 Å². The third kappa shape index (κ3) is 9.47. The molecule has 112 valence electrons. The molecule has 0 aromatic carbocycles. The van der Waals surface area contributed by atoms with Crippen molar-refractivity contribution in [2.24, 2.45) is 0 Å². The van der Waals surface area contributed by atoms with Crippen LogP contribution < -0.4 is 0 Å². The summed E-state index contributed by atoms with van der Waals surface area (Å²) < 4.78 is 15.9. The molecule has 2 unspecified atom stereocenters. The molecule has 0 aromatic heterocycles. The van der Waals surface area contributed by atoms with E-state index in [9.17, 15) is 4.79 Å². The maximum Gasteiger partial charge on any atom is 0.303 e. The van der Waals surface area contributed by atoms with Gasteiger partial charge in [0.05, 0.1) is 18.5 Å². The topological polar surface area (TPSA) is 85.2 Å². The molecule has 0 heterocycles. The van der Waals surface area contributed by atoms with Gasteiger partial charge < -0.3 is 24.4 Å². The van der Waals surface area contributed by atoms with Gasteiger partial charge in [0.25, 0.3) is 0 Å². The van der Waals surface area contributed by atoms with Gasteiger partial charge in [-0.1, -0.05) is 13.5 Å². The summed E-state index contributed by atoms with van der Waals surface area (Å²) in [6.45, 7) is 5.70. The number of carbonyl (C=O) groups is 1. The predicted molar refractivity (Wildman–Crippen MR) is 69.6 cm³/mol. The molecule has 0 aliphatic rings. The Morgan fingerprint density at radius 1 is 1.37 bits per heavy atom. The zero-order chi connectivity index (χ0) is 14.7. The zero-order valence-corrected chi connectivity index (χ0v) is 11.6. The lowest BCUT2D eigenvalue weighted by molar-refractivity contribution is -0.184. The van der Waals surface area contributed by atoms with Crippen molar-refractivity contribution in [3.8, 4) is 0 Å². The Morgan fingerprint density at radius 2 is 2.05 bits per heavy atom. The van der Waals surface area contributed by atoms with Gasteiger partial charge in [0.1, 0.15) is 6.61 Å². The van der Waals surface area contributed by atoms with Crippen molar-refractivity contribution in [2.75, 3.05) is 20.3 Å². The molecule has 0 rings (SSSR count). The van der Waals surface area contributed by atoms with Crippen LogP contribution in [0.25, 0.3) is 0 Å². The van der Waals surface area contributed by atoms with Crippen LogP contribution in [0.3, 0.4) is 0 Å². The molecule has 0 spiro atoms. The lowest BCUT2D eigenvalue weighted by atomic mass is 10.2. The number of carboxylic acids is 1. The molecule has 0 aliphatic carbocycles. The van der Waals surface area contributed by atoms with Gasteiger partial charge in [-0.3, -0.25) is 4.79 Å². The Labute approximate surface area is 114 Å². The number of aliphatic hydroxyl groups excluding tert-OH is 1. The first-order valence-corrected chi connectivity index (χ1v) is 6.34. The van der Waals surface area contributed by atoms with Crippen molar-refractivity contribution < 1.29 is 29.2 Å². The summed E-state index contributed by atoms with van der Waals surface area (Å²) in [6.07, 6.45) is 0.883. The maximum absolute atomic E-state index is 10.3. The highest BCUT2D eigenvalue weighted by Crippen LogP contribution is 2.10. The van der Waals surface area contributed by atoms with Gasteiger partial charge in [0.15, 0.2) is 6.29 Å². The van der Waals surface area contributed by atoms with Gasteiger partial charge in [0.2, 0.25) is 0 Å². The Hall–Kier alpha value is -1.11. The number of aliphatic carboxylic acids is 1. The number of methoxy groups -OCH3 is 1. The average molecular weight is 276 g/mol. The molecule has 0 aromatic rings. The molecule has 19 heavy (non-hydrogen) atoms. The Morgan fingerprint density at radius 3 is 2.53 bits per heavy atom. The molecule has 2 atom stereocenters. The van der Waals surface area contributed by atoms with E-state index in [4.69, 9.17) is 24.4 Å². The Kier molecular flexibility index (Phi) is 10.1. The van der Waals surface area contributed by atoms with E-state index in [2.05, 4.69) is 6.58 Å². The lowest BCUT2D eigenvalue weighted by Gasteiger charge is -2.22. The maximum atomic E-state index is 10.3. The van der Waals surface area contributed by atoms with Crippen LogP contribution in [0, 0.1) is 0 Å². The first kappa shape index (κ1) is 17.9. The summed E-state index contributed by atoms with van der Waals surface area (Å²) in [5, 5.41) is 17.5. The quantitative estimate of drug-likeness (QED) is 0.415. The number of rotatable bonds is 12. The predicted octanol–water partition coefficient (Wildman–Crippen LogP) is 1.53. The first-order chi connectivity index (χ1) is 9.03. The summed E-state index contributed by atoms with van der Waals surface area (Å²) in [5.74, 6) is -0.330. The second kappa shape index (κ2) is 10.8. The largest absolute Gasteiger partial charge is 0.493 e. The van der Waals surface area contributed by atoms with Crippen LogP contribution in [0.15, 0.2) is 12.3 Å². The molecular formula is C13H24O6. The number of carboxylic acid groups (broad SMARTS) is 1. The molecular weight excluding hydrogens is 252 g/mol. The lowest BCUT2D eigenvalue weighted by Crippen LogP contribution is -2.29. The smallest absolute Gasteiger partial charge is 0.303 e. The summed E-state index contributed by atoms with van der Waals surface area (Å²) >= 11 is 0. The third-order valence-electron chi connectivity index (χ3n) is 2.54. The van der Waals surface area contributed by atoms with Crippen LogP contribution in [0.4, 0.5) is 0 Å². The van der Waals surface area contributed by atoms with Crippen LogP contribution in [0.2, 0.25) is 0 Å². The van der Waals surface area contributed by atoms with E-state index in [1.807, 2.05) is 6.92 Å². The number of allylic oxidation sites excluding steroid dienone is 1. The molecule has 0 saturated carbocycles. The number of hydrogen-bond acceptors (Lipinski definition) is 5. The van der Waals surface area contributed by atoms with Crippen LogP contribution in [0.1, 0.15) is 32.6 Å². The second-order valence-corrected chi connectivity index (χ2v) is 4.11. The van der Waals surface area contributed by atoms with Gasteiger partial charge in [-0.05, 0) is 12.8 Å². The van der Waals surface area contributed by atoms with Gasteiger partial charge in [-0.2, -0.15) is 0 Å². The second-order valence-electron chi connectivity index (χ2n) is 4.11. The fourth-order valence-corrected chi connectivity index (χ4v) is 1.34. The molecule has 2 N–H and O–H groups in total. The molecule has 0 saturated heterocycles. The van der Waals surface area contributed by atoms with Gasteiger partial charge >= 0.3 is 5.97 Å². The molecule has 0 fully saturated rings. The summed E-state index contributed by atoms with van der Waals surface area (Å²) in [4.78, 5) is 10.3. The minimum atomic E-state index is -0.834. The Balaban J connectivity index is 3.86. The average Bonchev–Trinajstić information content (AvgIpc) is 2.38. The number of hydrogen-bond donors (Lipinski definition) is 2. The van der Waals surface area contributed by atoms with Crippen molar-refractivity contribution >= 4 is 5.97 Å². The third-order valence-corrected chi connectivity index (χ3v) is 2.54. The van der Waals surface area contributed by atoms with Gasteiger partial charge in [-0.25, -0.2) is 0 Å². The minimum absolute atomic E-state index is 0.0735. The van der Waals surface area contributed by atoms with E-state index in [0.29, 0.717) is 25.0 Å². The van der Waals surface area contributed by atoms with Gasteiger partial charge in [-0.15, -0.1) is 0 Å². The monoisotopic (exact) mass is 276 g/mol. The molecule has 0 bridgehead atoms. The van der Waals surface area contributed by atoms with E-state index in [1.165, 1.54) is 7.11 Å². The standard InChI is InChI=1S/C13H24O6/c1-4-11(8-14)19-13(17-3)9-18-10(2)6-5-7-12(15)16/h11,13-14H,2,4-9H2,1,3H3,(H,15,16). The highest BCUT2D eigenvalue weighted by atomic mass is 16.7.